The lowest BCUT2D eigenvalue weighted by atomic mass is 10.1. The summed E-state index contributed by atoms with van der Waals surface area (Å²) in [6.45, 7) is 0. The van der Waals surface area contributed by atoms with E-state index in [4.69, 9.17) is 19.9 Å². The van der Waals surface area contributed by atoms with Gasteiger partial charge < -0.3 is 24.5 Å². The molecule has 182 valence electrons. The molecule has 1 atom stereocenters. The summed E-state index contributed by atoms with van der Waals surface area (Å²) >= 11 is 1.55. The van der Waals surface area contributed by atoms with Gasteiger partial charge in [0.15, 0.2) is 11.5 Å². The average molecular weight is 502 g/mol. The first-order valence-electron chi connectivity index (χ1n) is 10.8. The van der Waals surface area contributed by atoms with Crippen LogP contribution in [-0.4, -0.2) is 41.8 Å². The van der Waals surface area contributed by atoms with Gasteiger partial charge in [0.25, 0.3) is 0 Å². The number of hydrogen-bond acceptors (Lipinski definition) is 9. The second-order valence-electron chi connectivity index (χ2n) is 7.49. The summed E-state index contributed by atoms with van der Waals surface area (Å²) in [7, 11) is 4.36. The number of methoxy groups -OCH3 is 3. The molecule has 2 aromatic heterocycles. The van der Waals surface area contributed by atoms with Gasteiger partial charge >= 0.3 is 5.97 Å². The number of thioether (sulfide) groups is 1. The average Bonchev–Trinajstić information content (AvgIpc) is 3.27. The molecule has 0 bridgehead atoms. The van der Waals surface area contributed by atoms with Crippen LogP contribution < -0.4 is 15.2 Å². The molecule has 0 saturated carbocycles. The van der Waals surface area contributed by atoms with E-state index in [-0.39, 0.29) is 22.2 Å². The van der Waals surface area contributed by atoms with Crippen molar-refractivity contribution in [1.29, 1.82) is 5.26 Å². The highest BCUT2D eigenvalue weighted by atomic mass is 32.2. The SMILES string of the molecule is COC(=O)c1c(N)c(C#N)cn1-c1ccc(SC(c2ccccc2)c2nc(OC)cc(OC)n2)cc1. The fourth-order valence-corrected chi connectivity index (χ4v) is 4.65. The van der Waals surface area contributed by atoms with Crippen LogP contribution in [0.3, 0.4) is 0 Å². The van der Waals surface area contributed by atoms with E-state index in [1.54, 1.807) is 36.6 Å². The lowest BCUT2D eigenvalue weighted by Gasteiger charge is -2.17. The zero-order valence-corrected chi connectivity index (χ0v) is 20.7. The van der Waals surface area contributed by atoms with E-state index < -0.39 is 5.97 Å². The Labute approximate surface area is 212 Å². The van der Waals surface area contributed by atoms with E-state index in [0.29, 0.717) is 23.3 Å². The number of nitrogen functional groups attached to an aromatic ring is 1. The maximum absolute atomic E-state index is 12.3. The van der Waals surface area contributed by atoms with Crippen LogP contribution >= 0.6 is 11.8 Å². The molecule has 0 aliphatic carbocycles. The molecule has 0 aliphatic heterocycles. The largest absolute Gasteiger partial charge is 0.481 e. The second kappa shape index (κ2) is 10.8. The van der Waals surface area contributed by atoms with Gasteiger partial charge in [0.1, 0.15) is 6.07 Å². The molecule has 1 unspecified atom stereocenters. The van der Waals surface area contributed by atoms with E-state index in [1.807, 2.05) is 60.7 Å². The molecule has 0 aliphatic rings. The summed E-state index contributed by atoms with van der Waals surface area (Å²) in [5, 5.41) is 9.11. The number of nitriles is 1. The number of esters is 1. The molecule has 36 heavy (non-hydrogen) atoms. The van der Waals surface area contributed by atoms with Crippen molar-refractivity contribution in [2.45, 2.75) is 10.1 Å². The Balaban J connectivity index is 1.71. The highest BCUT2D eigenvalue weighted by molar-refractivity contribution is 7.99. The standard InChI is InChI=1S/C26H23N5O4S/c1-33-20-13-21(34-2)30-25(29-20)24(16-7-5-4-6-8-16)36-19-11-9-18(10-12-19)31-15-17(14-27)22(28)23(31)26(32)35-3/h4-13,15,24H,28H2,1-3H3. The van der Waals surface area contributed by atoms with Crippen LogP contribution in [0.5, 0.6) is 11.8 Å². The molecule has 10 heteroatoms. The van der Waals surface area contributed by atoms with Crippen LogP contribution in [0.4, 0.5) is 5.69 Å². The Hall–Kier alpha value is -4.49. The maximum Gasteiger partial charge on any atom is 0.357 e. The number of aromatic nitrogens is 3. The molecule has 0 spiro atoms. The Morgan fingerprint density at radius 1 is 1.03 bits per heavy atom. The Kier molecular flexibility index (Phi) is 7.42. The lowest BCUT2D eigenvalue weighted by Crippen LogP contribution is -2.11. The Bertz CT molecular complexity index is 1390. The van der Waals surface area contributed by atoms with Crippen LogP contribution in [0, 0.1) is 11.3 Å². The maximum atomic E-state index is 12.3. The summed E-state index contributed by atoms with van der Waals surface area (Å²) in [4.78, 5) is 22.4. The Morgan fingerprint density at radius 3 is 2.22 bits per heavy atom. The van der Waals surface area contributed by atoms with Crippen molar-refractivity contribution < 1.29 is 19.0 Å². The summed E-state index contributed by atoms with van der Waals surface area (Å²) in [5.74, 6) is 0.724. The van der Waals surface area contributed by atoms with Gasteiger partial charge in [-0.1, -0.05) is 30.3 Å². The number of nitrogens with two attached hydrogens (primary N) is 1. The van der Waals surface area contributed by atoms with Crippen molar-refractivity contribution in [3.8, 4) is 23.5 Å². The number of ether oxygens (including phenoxy) is 3. The molecule has 0 radical (unpaired) electrons. The second-order valence-corrected chi connectivity index (χ2v) is 8.67. The van der Waals surface area contributed by atoms with Gasteiger partial charge in [-0.15, -0.1) is 11.8 Å². The van der Waals surface area contributed by atoms with E-state index in [0.717, 1.165) is 10.5 Å². The minimum atomic E-state index is -0.624. The van der Waals surface area contributed by atoms with Gasteiger partial charge in [0.2, 0.25) is 11.8 Å². The molecule has 2 aromatic carbocycles. The van der Waals surface area contributed by atoms with Crippen molar-refractivity contribution in [3.05, 3.63) is 89.5 Å². The first-order valence-corrected chi connectivity index (χ1v) is 11.6. The van der Waals surface area contributed by atoms with E-state index in [2.05, 4.69) is 9.97 Å². The molecular formula is C26H23N5O4S. The van der Waals surface area contributed by atoms with Crippen LogP contribution in [0.1, 0.15) is 32.7 Å². The lowest BCUT2D eigenvalue weighted by molar-refractivity contribution is 0.0593. The quantitative estimate of drug-likeness (QED) is 0.276. The minimum absolute atomic E-state index is 0.0797. The highest BCUT2D eigenvalue weighted by Gasteiger charge is 2.23. The van der Waals surface area contributed by atoms with Crippen molar-refractivity contribution in [2.24, 2.45) is 0 Å². The fraction of sp³-hybridized carbons (Fsp3) is 0.154. The smallest absolute Gasteiger partial charge is 0.357 e. The summed E-state index contributed by atoms with van der Waals surface area (Å²) < 4.78 is 17.1. The van der Waals surface area contributed by atoms with Gasteiger partial charge in [0.05, 0.1) is 43.9 Å². The number of nitrogens with zero attached hydrogens (tertiary/aromatic N) is 4. The highest BCUT2D eigenvalue weighted by Crippen LogP contribution is 2.40. The summed E-state index contributed by atoms with van der Waals surface area (Å²) in [6.07, 6.45) is 1.52. The predicted octanol–water partition coefficient (Wildman–Crippen LogP) is 4.41. The molecular weight excluding hydrogens is 478 g/mol. The molecule has 0 saturated heterocycles. The number of rotatable bonds is 8. The monoisotopic (exact) mass is 501 g/mol. The third-order valence-electron chi connectivity index (χ3n) is 5.36. The zero-order chi connectivity index (χ0) is 25.7. The number of carbonyl (C=O) groups excluding carboxylic acids is 1. The van der Waals surface area contributed by atoms with Gasteiger partial charge in [-0.25, -0.2) is 4.79 Å². The molecule has 0 amide bonds. The molecule has 2 heterocycles. The third kappa shape index (κ3) is 4.96. The topological polar surface area (TPSA) is 125 Å². The molecule has 0 fully saturated rings. The Morgan fingerprint density at radius 2 is 1.67 bits per heavy atom. The molecule has 4 rings (SSSR count). The fourth-order valence-electron chi connectivity index (χ4n) is 3.58. The van der Waals surface area contributed by atoms with Crippen molar-refractivity contribution in [2.75, 3.05) is 27.1 Å². The van der Waals surface area contributed by atoms with Crippen LogP contribution in [0.2, 0.25) is 0 Å². The normalized spacial score (nSPS) is 11.4. The number of benzene rings is 2. The first kappa shape index (κ1) is 24.6. The molecule has 9 nitrogen and oxygen atoms in total. The zero-order valence-electron chi connectivity index (χ0n) is 19.8. The number of anilines is 1. The van der Waals surface area contributed by atoms with E-state index >= 15 is 0 Å². The summed E-state index contributed by atoms with van der Waals surface area (Å²) in [5.41, 5.74) is 8.06. The van der Waals surface area contributed by atoms with E-state index in [1.165, 1.54) is 13.3 Å². The first-order chi connectivity index (χ1) is 17.5. The van der Waals surface area contributed by atoms with Gasteiger partial charge in [-0.3, -0.25) is 0 Å². The summed E-state index contributed by atoms with van der Waals surface area (Å²) in [6, 6.07) is 21.0. The van der Waals surface area contributed by atoms with Gasteiger partial charge in [0, 0.05) is 16.8 Å². The molecule has 2 N–H and O–H groups in total. The van der Waals surface area contributed by atoms with Crippen LogP contribution in [0.15, 0.2) is 71.8 Å². The van der Waals surface area contributed by atoms with Gasteiger partial charge in [-0.2, -0.15) is 15.2 Å². The molecule has 4 aromatic rings. The van der Waals surface area contributed by atoms with Crippen molar-refractivity contribution in [1.82, 2.24) is 14.5 Å². The number of carbonyl (C=O) groups is 1. The van der Waals surface area contributed by atoms with E-state index in [9.17, 15) is 10.1 Å². The number of hydrogen-bond donors (Lipinski definition) is 1. The predicted molar refractivity (Wildman–Crippen MR) is 136 cm³/mol. The third-order valence-corrected chi connectivity index (χ3v) is 6.63. The van der Waals surface area contributed by atoms with Crippen LogP contribution in [0.25, 0.3) is 5.69 Å². The van der Waals surface area contributed by atoms with Crippen molar-refractivity contribution in [3.63, 3.8) is 0 Å². The van der Waals surface area contributed by atoms with Crippen LogP contribution in [-0.2, 0) is 4.74 Å². The minimum Gasteiger partial charge on any atom is -0.481 e. The van der Waals surface area contributed by atoms with Crippen molar-refractivity contribution >= 4 is 23.4 Å². The van der Waals surface area contributed by atoms with Gasteiger partial charge in [-0.05, 0) is 29.8 Å².